The molecule has 0 unspecified atom stereocenters. The fourth-order valence-electron chi connectivity index (χ4n) is 3.51. The van der Waals surface area contributed by atoms with Crippen LogP contribution in [0.1, 0.15) is 18.4 Å². The number of hydrogen-bond donors (Lipinski definition) is 1. The largest absolute Gasteiger partial charge is 0.373 e. The van der Waals surface area contributed by atoms with Gasteiger partial charge in [0, 0.05) is 42.2 Å². The van der Waals surface area contributed by atoms with Crippen LogP contribution in [0.15, 0.2) is 66.2 Å². The van der Waals surface area contributed by atoms with Crippen LogP contribution in [-0.2, 0) is 16.0 Å². The number of aromatic nitrogens is 1. The third kappa shape index (κ3) is 3.48. The van der Waals surface area contributed by atoms with Gasteiger partial charge in [0.25, 0.3) is 5.91 Å². The maximum Gasteiger partial charge on any atom is 0.266 e. The van der Waals surface area contributed by atoms with Crippen molar-refractivity contribution in [1.82, 2.24) is 4.98 Å². The summed E-state index contributed by atoms with van der Waals surface area (Å²) in [5.74, 6) is -0.948. The first-order valence-corrected chi connectivity index (χ1v) is 10.1. The number of aryl methyl sites for hydroxylation is 1. The highest BCUT2D eigenvalue weighted by Gasteiger charge is 2.50. The SMILES string of the molecule is O=C(CCc1cccc(-c2nccs2)c1)[C@@]1(O)CCN(c2ccccc2)C1=O. The number of Topliss-reactive ketones (excluding diaryl/α,β-unsaturated/α-hetero) is 1. The van der Waals surface area contributed by atoms with Crippen LogP contribution in [0, 0.1) is 0 Å². The van der Waals surface area contributed by atoms with E-state index in [0.29, 0.717) is 18.7 Å². The second kappa shape index (κ2) is 7.66. The number of hydrogen-bond acceptors (Lipinski definition) is 5. The van der Waals surface area contributed by atoms with Gasteiger partial charge in [-0.15, -0.1) is 11.3 Å². The van der Waals surface area contributed by atoms with Gasteiger partial charge in [-0.3, -0.25) is 9.59 Å². The molecule has 1 aromatic heterocycles. The summed E-state index contributed by atoms with van der Waals surface area (Å²) in [7, 11) is 0. The predicted octanol–water partition coefficient (Wildman–Crippen LogP) is 3.48. The molecule has 142 valence electrons. The number of para-hydroxylation sites is 1. The van der Waals surface area contributed by atoms with E-state index >= 15 is 0 Å². The van der Waals surface area contributed by atoms with Gasteiger partial charge < -0.3 is 10.0 Å². The van der Waals surface area contributed by atoms with Gasteiger partial charge >= 0.3 is 0 Å². The van der Waals surface area contributed by atoms with Crippen molar-refractivity contribution in [2.45, 2.75) is 24.9 Å². The smallest absolute Gasteiger partial charge is 0.266 e. The van der Waals surface area contributed by atoms with Crippen molar-refractivity contribution in [2.75, 3.05) is 11.4 Å². The second-order valence-corrected chi connectivity index (χ2v) is 7.76. The summed E-state index contributed by atoms with van der Waals surface area (Å²) in [5, 5.41) is 13.6. The quantitative estimate of drug-likeness (QED) is 0.652. The molecule has 1 aliphatic heterocycles. The zero-order valence-electron chi connectivity index (χ0n) is 15.2. The molecule has 2 aromatic carbocycles. The number of aliphatic hydroxyl groups is 1. The van der Waals surface area contributed by atoms with Crippen LogP contribution in [0.5, 0.6) is 0 Å². The number of nitrogens with zero attached hydrogens (tertiary/aromatic N) is 2. The molecule has 6 heteroatoms. The first-order valence-electron chi connectivity index (χ1n) is 9.19. The number of rotatable bonds is 6. The van der Waals surface area contributed by atoms with Crippen LogP contribution >= 0.6 is 11.3 Å². The molecule has 4 rings (SSSR count). The molecule has 1 amide bonds. The van der Waals surface area contributed by atoms with Crippen LogP contribution < -0.4 is 4.90 Å². The summed E-state index contributed by atoms with van der Waals surface area (Å²) in [6, 6.07) is 17.0. The second-order valence-electron chi connectivity index (χ2n) is 6.86. The normalized spacial score (nSPS) is 19.2. The lowest BCUT2D eigenvalue weighted by molar-refractivity contribution is -0.147. The highest BCUT2D eigenvalue weighted by molar-refractivity contribution is 7.13. The zero-order valence-corrected chi connectivity index (χ0v) is 16.1. The van der Waals surface area contributed by atoms with E-state index in [9.17, 15) is 14.7 Å². The van der Waals surface area contributed by atoms with E-state index in [4.69, 9.17) is 0 Å². The molecule has 0 saturated carbocycles. The molecule has 0 bridgehead atoms. The Labute approximate surface area is 167 Å². The highest BCUT2D eigenvalue weighted by atomic mass is 32.1. The molecule has 1 fully saturated rings. The van der Waals surface area contributed by atoms with E-state index in [1.165, 1.54) is 4.90 Å². The van der Waals surface area contributed by atoms with Crippen LogP contribution in [0.3, 0.4) is 0 Å². The average Bonchev–Trinajstić information content (AvgIpc) is 3.37. The van der Waals surface area contributed by atoms with Gasteiger partial charge in [-0.25, -0.2) is 4.98 Å². The Balaban J connectivity index is 1.44. The first kappa shape index (κ1) is 18.5. The molecule has 1 aliphatic rings. The third-order valence-corrected chi connectivity index (χ3v) is 5.89. The van der Waals surface area contributed by atoms with Gasteiger partial charge in [-0.05, 0) is 30.2 Å². The number of amides is 1. The molecule has 3 aromatic rings. The minimum atomic E-state index is -1.93. The molecule has 0 radical (unpaired) electrons. The van der Waals surface area contributed by atoms with Crippen LogP contribution in [0.25, 0.3) is 10.6 Å². The van der Waals surface area contributed by atoms with Crippen molar-refractivity contribution in [3.05, 3.63) is 71.7 Å². The van der Waals surface area contributed by atoms with E-state index in [2.05, 4.69) is 4.98 Å². The lowest BCUT2D eigenvalue weighted by Crippen LogP contribution is -2.47. The molecule has 1 N–H and O–H groups in total. The van der Waals surface area contributed by atoms with Crippen LogP contribution in [0.2, 0.25) is 0 Å². The van der Waals surface area contributed by atoms with Crippen molar-refractivity contribution in [3.63, 3.8) is 0 Å². The van der Waals surface area contributed by atoms with Crippen molar-refractivity contribution in [3.8, 4) is 10.6 Å². The highest BCUT2D eigenvalue weighted by Crippen LogP contribution is 2.30. The molecule has 2 heterocycles. The number of carbonyl (C=O) groups excluding carboxylic acids is 2. The lowest BCUT2D eigenvalue weighted by atomic mass is 9.92. The summed E-state index contributed by atoms with van der Waals surface area (Å²) in [5.41, 5.74) is 0.760. The lowest BCUT2D eigenvalue weighted by Gasteiger charge is -2.21. The van der Waals surface area contributed by atoms with Crippen molar-refractivity contribution < 1.29 is 14.7 Å². The topological polar surface area (TPSA) is 70.5 Å². The van der Waals surface area contributed by atoms with Crippen molar-refractivity contribution in [2.24, 2.45) is 0 Å². The van der Waals surface area contributed by atoms with Gasteiger partial charge in [0.05, 0.1) is 0 Å². The van der Waals surface area contributed by atoms with Gasteiger partial charge in [-0.1, -0.05) is 36.4 Å². The summed E-state index contributed by atoms with van der Waals surface area (Å²) in [6.45, 7) is 0.338. The van der Waals surface area contributed by atoms with Gasteiger partial charge in [-0.2, -0.15) is 0 Å². The fraction of sp³-hybridized carbons (Fsp3) is 0.227. The first-order chi connectivity index (χ1) is 13.6. The summed E-state index contributed by atoms with van der Waals surface area (Å²) in [6.07, 6.45) is 2.47. The molecule has 0 spiro atoms. The molecule has 1 atom stereocenters. The summed E-state index contributed by atoms with van der Waals surface area (Å²) < 4.78 is 0. The van der Waals surface area contributed by atoms with Gasteiger partial charge in [0.1, 0.15) is 5.01 Å². The Morgan fingerprint density at radius 3 is 2.75 bits per heavy atom. The summed E-state index contributed by atoms with van der Waals surface area (Å²) >= 11 is 1.56. The maximum absolute atomic E-state index is 12.7. The number of ketones is 1. The predicted molar refractivity (Wildman–Crippen MR) is 109 cm³/mol. The van der Waals surface area contributed by atoms with E-state index in [-0.39, 0.29) is 12.8 Å². The van der Waals surface area contributed by atoms with Gasteiger partial charge in [0.15, 0.2) is 5.78 Å². The number of thiazole rings is 1. The molecular formula is C22H20N2O3S. The fourth-order valence-corrected chi connectivity index (χ4v) is 4.14. The molecule has 1 saturated heterocycles. The van der Waals surface area contributed by atoms with E-state index in [1.807, 2.05) is 47.8 Å². The Hall–Kier alpha value is -2.83. The minimum absolute atomic E-state index is 0.117. The van der Waals surface area contributed by atoms with E-state index < -0.39 is 17.3 Å². The van der Waals surface area contributed by atoms with E-state index in [1.54, 1.807) is 29.7 Å². The number of carbonyl (C=O) groups is 2. The zero-order chi connectivity index (χ0) is 19.6. The molecular weight excluding hydrogens is 372 g/mol. The maximum atomic E-state index is 12.7. The van der Waals surface area contributed by atoms with Crippen molar-refractivity contribution >= 4 is 28.7 Å². The van der Waals surface area contributed by atoms with Gasteiger partial charge in [0.2, 0.25) is 5.60 Å². The Morgan fingerprint density at radius 1 is 1.18 bits per heavy atom. The molecule has 28 heavy (non-hydrogen) atoms. The molecule has 5 nitrogen and oxygen atoms in total. The summed E-state index contributed by atoms with van der Waals surface area (Å²) in [4.78, 5) is 31.3. The van der Waals surface area contributed by atoms with Crippen molar-refractivity contribution in [1.29, 1.82) is 0 Å². The number of benzene rings is 2. The average molecular weight is 392 g/mol. The Morgan fingerprint density at radius 2 is 2.00 bits per heavy atom. The third-order valence-electron chi connectivity index (χ3n) is 5.07. The van der Waals surface area contributed by atoms with Crippen LogP contribution in [0.4, 0.5) is 5.69 Å². The van der Waals surface area contributed by atoms with E-state index in [0.717, 1.165) is 16.1 Å². The molecule has 0 aliphatic carbocycles. The van der Waals surface area contributed by atoms with Crippen LogP contribution in [-0.4, -0.2) is 33.9 Å². The minimum Gasteiger partial charge on any atom is -0.373 e. The monoisotopic (exact) mass is 392 g/mol. The number of anilines is 1. The Kier molecular flexibility index (Phi) is 5.07. The Bertz CT molecular complexity index is 988. The standard InChI is InChI=1S/C22H20N2O3S/c25-19(10-9-16-5-4-6-17(15-16)20-23-12-14-28-20)22(27)11-13-24(21(22)26)18-7-2-1-3-8-18/h1-8,12,14-15,27H,9-11,13H2/t22-/m0/s1.